The van der Waals surface area contributed by atoms with Crippen LogP contribution in [0.4, 0.5) is 13.6 Å². The number of aliphatic hydroxyl groups is 1. The van der Waals surface area contributed by atoms with Crippen molar-refractivity contribution in [3.8, 4) is 11.1 Å². The molecule has 0 fully saturated rings. The minimum absolute atomic E-state index is 0.0703. The van der Waals surface area contributed by atoms with Crippen LogP contribution >= 0.6 is 0 Å². The average Bonchev–Trinajstić information content (AvgIpc) is 3.96. The molecule has 0 saturated heterocycles. The van der Waals surface area contributed by atoms with Gasteiger partial charge in [-0.2, -0.15) is 0 Å². The van der Waals surface area contributed by atoms with E-state index >= 15 is 4.39 Å². The first-order valence-electron chi connectivity index (χ1n) is 24.8. The lowest BCUT2D eigenvalue weighted by molar-refractivity contribution is -0.141. The van der Waals surface area contributed by atoms with Crippen molar-refractivity contribution in [2.75, 3.05) is 32.8 Å². The van der Waals surface area contributed by atoms with Gasteiger partial charge in [0.15, 0.2) is 0 Å². The van der Waals surface area contributed by atoms with Crippen LogP contribution in [-0.2, 0) is 61.0 Å². The lowest BCUT2D eigenvalue weighted by atomic mass is 9.82. The molecular weight excluding hydrogens is 1020 g/mol. The van der Waals surface area contributed by atoms with Crippen molar-refractivity contribution in [2.24, 2.45) is 11.1 Å². The standard InChI is InChI=1S/C54H64F2N10O12/c1-32(60-49(73)33(2)61-53(77)78-31-35-14-10-7-11-15-35)50(74)63-41(26-43(57)68)52(76)62-40(51(75)59-22-21-58-44(69)29-66-45(70)18-19-46(66)71)20-23-65(47(72)30-67)48(54(3,4)5)42-24-36(38-25-37(55)16-17-39(38)56)28-64(42)27-34-12-8-6-9-13-34/h6-19,24-25,28,32-33,40-41,48,67H,20-23,26-27,29-31H2,1-5H3,(H2,57,68)(H,58,69)(H,59,75)(H,60,73)(H,61,77)(H,62,76)(H,63,74)/t32-,33+,40+,41+,48?/m1/s1. The fourth-order valence-electron chi connectivity index (χ4n) is 8.33. The Bertz CT molecular complexity index is 2860. The number of halogens is 2. The van der Waals surface area contributed by atoms with E-state index in [0.29, 0.717) is 16.2 Å². The smallest absolute Gasteiger partial charge is 0.408 e. The maximum Gasteiger partial charge on any atom is 0.408 e. The van der Waals surface area contributed by atoms with Crippen LogP contribution in [0.15, 0.2) is 103 Å². The predicted molar refractivity (Wildman–Crippen MR) is 277 cm³/mol. The fraction of sp³-hybridized carbons (Fsp3) is 0.370. The summed E-state index contributed by atoms with van der Waals surface area (Å²) in [7, 11) is 0. The monoisotopic (exact) mass is 1080 g/mol. The number of alkyl carbamates (subject to hydrolysis) is 1. The van der Waals surface area contributed by atoms with Gasteiger partial charge in [-0.15, -0.1) is 0 Å². The summed E-state index contributed by atoms with van der Waals surface area (Å²) < 4.78 is 36.9. The number of hydrogen-bond acceptors (Lipinski definition) is 12. The van der Waals surface area contributed by atoms with Gasteiger partial charge in [0.2, 0.25) is 41.4 Å². The maximum absolute atomic E-state index is 15.4. The lowest BCUT2D eigenvalue weighted by Gasteiger charge is -2.41. The molecule has 1 aliphatic rings. The van der Waals surface area contributed by atoms with Crippen LogP contribution in [0.3, 0.4) is 0 Å². The summed E-state index contributed by atoms with van der Waals surface area (Å²) in [5.74, 6) is -9.29. The van der Waals surface area contributed by atoms with Crippen LogP contribution in [-0.4, -0.2) is 136 Å². The zero-order chi connectivity index (χ0) is 57.3. The number of ether oxygens (including phenoxy) is 1. The molecule has 9 N–H and O–H groups in total. The number of hydrogen-bond donors (Lipinski definition) is 8. The number of benzene rings is 3. The van der Waals surface area contributed by atoms with Crippen LogP contribution in [0.1, 0.15) is 70.3 Å². The molecule has 0 bridgehead atoms. The van der Waals surface area contributed by atoms with Crippen molar-refractivity contribution < 1.29 is 66.6 Å². The van der Waals surface area contributed by atoms with Crippen molar-refractivity contribution in [3.05, 3.63) is 132 Å². The number of amides is 10. The Morgan fingerprint density at radius 2 is 1.32 bits per heavy atom. The van der Waals surface area contributed by atoms with Gasteiger partial charge in [0, 0.05) is 61.3 Å². The molecular formula is C54H64F2N10O12. The Morgan fingerprint density at radius 1 is 0.731 bits per heavy atom. The summed E-state index contributed by atoms with van der Waals surface area (Å²) in [6.45, 7) is 5.52. The molecule has 0 spiro atoms. The average molecular weight is 1080 g/mol. The highest BCUT2D eigenvalue weighted by Gasteiger charge is 2.39. The number of nitrogens with two attached hydrogens (primary N) is 1. The van der Waals surface area contributed by atoms with Gasteiger partial charge in [0.25, 0.3) is 11.8 Å². The Labute approximate surface area is 448 Å². The van der Waals surface area contributed by atoms with E-state index in [4.69, 9.17) is 10.5 Å². The van der Waals surface area contributed by atoms with Crippen molar-refractivity contribution in [1.29, 1.82) is 0 Å². The second kappa shape index (κ2) is 27.8. The molecule has 78 heavy (non-hydrogen) atoms. The Kier molecular flexibility index (Phi) is 21.4. The number of imide groups is 1. The number of aromatic nitrogens is 1. The third-order valence-corrected chi connectivity index (χ3v) is 12.2. The minimum Gasteiger partial charge on any atom is -0.445 e. The van der Waals surface area contributed by atoms with E-state index in [0.717, 1.165) is 35.9 Å². The fourth-order valence-corrected chi connectivity index (χ4v) is 8.33. The zero-order valence-corrected chi connectivity index (χ0v) is 43.7. The summed E-state index contributed by atoms with van der Waals surface area (Å²) in [4.78, 5) is 132. The highest BCUT2D eigenvalue weighted by Crippen LogP contribution is 2.41. The van der Waals surface area contributed by atoms with Crippen molar-refractivity contribution in [1.82, 2.24) is 46.3 Å². The number of carbonyl (C=O) groups excluding carboxylic acids is 10. The number of nitrogens with one attached hydrogen (secondary N) is 6. The number of primary amides is 1. The van der Waals surface area contributed by atoms with Gasteiger partial charge in [-0.3, -0.25) is 48.1 Å². The molecule has 1 aliphatic heterocycles. The van der Waals surface area contributed by atoms with Crippen LogP contribution < -0.4 is 37.6 Å². The molecule has 5 atom stereocenters. The molecule has 0 aliphatic carbocycles. The molecule has 22 nitrogen and oxygen atoms in total. The van der Waals surface area contributed by atoms with Crippen molar-refractivity contribution in [3.63, 3.8) is 0 Å². The quantitative estimate of drug-likeness (QED) is 0.0329. The molecule has 3 aromatic carbocycles. The molecule has 2 heterocycles. The molecule has 5 rings (SSSR count). The number of carbonyl (C=O) groups is 10. The van der Waals surface area contributed by atoms with Crippen LogP contribution in [0.5, 0.6) is 0 Å². The van der Waals surface area contributed by atoms with E-state index in [2.05, 4.69) is 31.9 Å². The van der Waals surface area contributed by atoms with E-state index in [1.807, 2.05) is 30.3 Å². The third-order valence-electron chi connectivity index (χ3n) is 12.2. The first-order valence-corrected chi connectivity index (χ1v) is 24.8. The second-order valence-electron chi connectivity index (χ2n) is 19.4. The molecule has 1 aromatic heterocycles. The molecule has 0 radical (unpaired) electrons. The summed E-state index contributed by atoms with van der Waals surface area (Å²) in [5.41, 5.74) is 6.70. The van der Waals surface area contributed by atoms with Gasteiger partial charge in [-0.05, 0) is 61.1 Å². The van der Waals surface area contributed by atoms with Crippen molar-refractivity contribution >= 4 is 59.3 Å². The topological polar surface area (TPSA) is 310 Å². The summed E-state index contributed by atoms with van der Waals surface area (Å²) in [6, 6.07) is 15.5. The van der Waals surface area contributed by atoms with Gasteiger partial charge in [0.1, 0.15) is 55.6 Å². The lowest BCUT2D eigenvalue weighted by Crippen LogP contribution is -2.58. The SMILES string of the molecule is C[C@H](NC(=O)OCc1ccccc1)C(=O)N[C@H](C)C(=O)N[C@@H](CC(N)=O)C(=O)N[C@@H](CCN(C(=O)CO)C(c1cc(-c2cc(F)ccc2F)cn1Cc1ccccc1)C(C)(C)C)C(=O)NCCNC(=O)CN1C(=O)C=CC1=O. The predicted octanol–water partition coefficient (Wildman–Crippen LogP) is 1.60. The first kappa shape index (κ1) is 60.1. The second-order valence-corrected chi connectivity index (χ2v) is 19.4. The van der Waals surface area contributed by atoms with Crippen molar-refractivity contribution in [2.45, 2.75) is 90.8 Å². The molecule has 0 saturated carbocycles. The summed E-state index contributed by atoms with van der Waals surface area (Å²) in [6.07, 6.45) is 1.47. The molecule has 10 amide bonds. The van der Waals surface area contributed by atoms with Crippen LogP contribution in [0.2, 0.25) is 0 Å². The normalized spacial score (nSPS) is 14.0. The number of aliphatic hydroxyl groups excluding tert-OH is 1. The van der Waals surface area contributed by atoms with Gasteiger partial charge in [0.05, 0.1) is 12.5 Å². The van der Waals surface area contributed by atoms with Gasteiger partial charge < -0.3 is 56.9 Å². The van der Waals surface area contributed by atoms with E-state index in [1.54, 1.807) is 67.9 Å². The number of nitrogens with zero attached hydrogens (tertiary/aromatic N) is 3. The van der Waals surface area contributed by atoms with Crippen LogP contribution in [0, 0.1) is 17.0 Å². The zero-order valence-electron chi connectivity index (χ0n) is 43.7. The Balaban J connectivity index is 1.39. The van der Waals surface area contributed by atoms with Gasteiger partial charge in [-0.25, -0.2) is 13.6 Å². The highest BCUT2D eigenvalue weighted by atomic mass is 19.1. The molecule has 4 aromatic rings. The van der Waals surface area contributed by atoms with E-state index < -0.39 is 133 Å². The Hall–Kier alpha value is -8.80. The molecule has 1 unspecified atom stereocenters. The molecule has 416 valence electrons. The molecule has 24 heteroatoms. The highest BCUT2D eigenvalue weighted by molar-refractivity contribution is 6.14. The Morgan fingerprint density at radius 3 is 1.94 bits per heavy atom. The van der Waals surface area contributed by atoms with Gasteiger partial charge >= 0.3 is 6.09 Å². The first-order chi connectivity index (χ1) is 36.9. The largest absolute Gasteiger partial charge is 0.445 e. The van der Waals surface area contributed by atoms with Crippen LogP contribution in [0.25, 0.3) is 11.1 Å². The third kappa shape index (κ3) is 17.4. The van der Waals surface area contributed by atoms with E-state index in [1.165, 1.54) is 18.7 Å². The van der Waals surface area contributed by atoms with E-state index in [-0.39, 0.29) is 43.9 Å². The maximum atomic E-state index is 15.4. The van der Waals surface area contributed by atoms with E-state index in [9.17, 15) is 57.4 Å². The minimum atomic E-state index is -1.77. The number of rotatable bonds is 26. The summed E-state index contributed by atoms with van der Waals surface area (Å²) in [5, 5.41) is 25.1. The summed E-state index contributed by atoms with van der Waals surface area (Å²) >= 11 is 0. The van der Waals surface area contributed by atoms with Gasteiger partial charge in [-0.1, -0.05) is 81.4 Å².